The van der Waals surface area contributed by atoms with Crippen LogP contribution in [0.4, 0.5) is 5.69 Å². The summed E-state index contributed by atoms with van der Waals surface area (Å²) < 4.78 is 40.6. The Bertz CT molecular complexity index is 1460. The number of nitrogens with zero attached hydrogens (tertiary/aromatic N) is 2. The van der Waals surface area contributed by atoms with Crippen LogP contribution in [0.25, 0.3) is 0 Å². The normalized spacial score (nSPS) is 18.4. The lowest BCUT2D eigenvalue weighted by molar-refractivity contribution is -0.134. The number of methoxy groups -OCH3 is 1. The quantitative estimate of drug-likeness (QED) is 0.364. The van der Waals surface area contributed by atoms with Crippen molar-refractivity contribution < 1.29 is 27.8 Å². The maximum atomic E-state index is 13.5. The fraction of sp³-hybridized carbons (Fsp3) is 0.406. The summed E-state index contributed by atoms with van der Waals surface area (Å²) in [6.45, 7) is 7.30. The summed E-state index contributed by atoms with van der Waals surface area (Å²) in [5, 5.41) is 9.91. The van der Waals surface area contributed by atoms with Gasteiger partial charge in [-0.2, -0.15) is 0 Å². The van der Waals surface area contributed by atoms with Crippen LogP contribution in [0.2, 0.25) is 0 Å². The Labute approximate surface area is 249 Å². The first-order chi connectivity index (χ1) is 20.0. The zero-order valence-corrected chi connectivity index (χ0v) is 25.7. The van der Waals surface area contributed by atoms with E-state index < -0.39 is 10.0 Å². The van der Waals surface area contributed by atoms with Gasteiger partial charge >= 0.3 is 0 Å². The minimum absolute atomic E-state index is 0.0148. The van der Waals surface area contributed by atoms with Gasteiger partial charge in [0.1, 0.15) is 17.6 Å². The lowest BCUT2D eigenvalue weighted by Crippen LogP contribution is -2.47. The first-order valence-electron chi connectivity index (χ1n) is 14.1. The number of amides is 1. The lowest BCUT2D eigenvalue weighted by atomic mass is 10.0. The van der Waals surface area contributed by atoms with E-state index in [1.165, 1.54) is 0 Å². The second kappa shape index (κ2) is 13.6. The van der Waals surface area contributed by atoms with Crippen molar-refractivity contribution in [3.8, 4) is 11.5 Å². The first-order valence-corrected chi connectivity index (χ1v) is 15.6. The van der Waals surface area contributed by atoms with Crippen LogP contribution in [0, 0.1) is 12.8 Å². The number of fused-ring (bicyclic) bond motifs is 1. The molecule has 1 aliphatic rings. The Hall–Kier alpha value is -3.60. The predicted octanol–water partition coefficient (Wildman–Crippen LogP) is 4.09. The molecule has 3 atom stereocenters. The number of anilines is 1. The van der Waals surface area contributed by atoms with E-state index in [0.717, 1.165) is 16.9 Å². The number of sulfonamides is 1. The van der Waals surface area contributed by atoms with Gasteiger partial charge in [0.2, 0.25) is 5.91 Å². The number of hydrogen-bond acceptors (Lipinski definition) is 7. The Kier molecular flexibility index (Phi) is 10.1. The molecule has 3 aromatic carbocycles. The highest BCUT2D eigenvalue weighted by molar-refractivity contribution is 7.92. The summed E-state index contributed by atoms with van der Waals surface area (Å²) in [6, 6.07) is 19.2. The van der Waals surface area contributed by atoms with E-state index in [4.69, 9.17) is 9.47 Å². The second-order valence-corrected chi connectivity index (χ2v) is 12.9. The van der Waals surface area contributed by atoms with Gasteiger partial charge < -0.3 is 19.5 Å². The number of benzene rings is 3. The summed E-state index contributed by atoms with van der Waals surface area (Å²) in [5.41, 5.74) is 3.01. The van der Waals surface area contributed by atoms with Crippen molar-refractivity contribution in [2.45, 2.75) is 50.8 Å². The third kappa shape index (κ3) is 7.81. The minimum Gasteiger partial charge on any atom is -0.497 e. The maximum absolute atomic E-state index is 13.5. The van der Waals surface area contributed by atoms with Crippen molar-refractivity contribution in [2.24, 2.45) is 5.92 Å². The number of nitrogens with one attached hydrogen (secondary N) is 1. The first kappa shape index (κ1) is 31.3. The molecule has 3 aromatic rings. The van der Waals surface area contributed by atoms with Crippen LogP contribution in [0.5, 0.6) is 11.5 Å². The molecule has 0 saturated heterocycles. The minimum atomic E-state index is -3.83. The zero-order valence-electron chi connectivity index (χ0n) is 24.9. The molecule has 9 nitrogen and oxygen atoms in total. The van der Waals surface area contributed by atoms with Crippen molar-refractivity contribution in [1.82, 2.24) is 9.80 Å². The molecule has 0 unspecified atom stereocenters. The van der Waals surface area contributed by atoms with Crippen LogP contribution >= 0.6 is 0 Å². The van der Waals surface area contributed by atoms with Gasteiger partial charge in [0.05, 0.1) is 31.1 Å². The lowest BCUT2D eigenvalue weighted by Gasteiger charge is -2.34. The Morgan fingerprint density at radius 2 is 1.81 bits per heavy atom. The molecule has 0 radical (unpaired) electrons. The van der Waals surface area contributed by atoms with Gasteiger partial charge in [0.25, 0.3) is 10.0 Å². The van der Waals surface area contributed by atoms with E-state index in [1.54, 1.807) is 54.5 Å². The summed E-state index contributed by atoms with van der Waals surface area (Å²) in [7, 11) is -0.160. The third-order valence-electron chi connectivity index (χ3n) is 7.60. The van der Waals surface area contributed by atoms with Crippen LogP contribution in [0.1, 0.15) is 30.5 Å². The van der Waals surface area contributed by atoms with Crippen LogP contribution in [-0.2, 0) is 27.8 Å². The highest BCUT2D eigenvalue weighted by Gasteiger charge is 2.31. The van der Waals surface area contributed by atoms with Gasteiger partial charge in [-0.15, -0.1) is 0 Å². The number of aliphatic hydroxyl groups excluding tert-OH is 1. The molecule has 10 heteroatoms. The average molecular weight is 596 g/mol. The molecule has 226 valence electrons. The van der Waals surface area contributed by atoms with E-state index in [9.17, 15) is 18.3 Å². The van der Waals surface area contributed by atoms with Gasteiger partial charge in [-0.3, -0.25) is 14.4 Å². The number of aliphatic hydroxyl groups is 1. The smallest absolute Gasteiger partial charge is 0.261 e. The summed E-state index contributed by atoms with van der Waals surface area (Å²) in [4.78, 5) is 17.5. The molecule has 0 saturated carbocycles. The molecular formula is C32H41N3O6S. The average Bonchev–Trinajstić information content (AvgIpc) is 3.00. The van der Waals surface area contributed by atoms with E-state index in [1.807, 2.05) is 52.1 Å². The van der Waals surface area contributed by atoms with Crippen LogP contribution < -0.4 is 14.2 Å². The van der Waals surface area contributed by atoms with E-state index in [-0.39, 0.29) is 41.9 Å². The molecule has 1 aliphatic heterocycles. The number of ether oxygens (including phenoxy) is 2. The number of carbonyl (C=O) groups is 1. The number of hydrogen-bond donors (Lipinski definition) is 2. The van der Waals surface area contributed by atoms with Gasteiger partial charge in [0, 0.05) is 36.8 Å². The predicted molar refractivity (Wildman–Crippen MR) is 163 cm³/mol. The molecule has 0 spiro atoms. The standard InChI is InChI=1S/C32H41N3O6S/c1-22-6-13-29(14-7-22)42(38,39)33-27-10-15-30-26(16-27)17-32(37)35(24(3)21-36)18-23(2)31(41-30)20-34(4)19-25-8-11-28(40-5)12-9-25/h6-16,23-24,31,33,36H,17-21H2,1-5H3/t23-,24+,31-/m1/s1. The highest BCUT2D eigenvalue weighted by Crippen LogP contribution is 2.30. The van der Waals surface area contributed by atoms with Crippen molar-refractivity contribution in [3.05, 3.63) is 83.4 Å². The molecule has 4 rings (SSSR count). The largest absolute Gasteiger partial charge is 0.497 e. The molecule has 2 N–H and O–H groups in total. The summed E-state index contributed by atoms with van der Waals surface area (Å²) >= 11 is 0. The SMILES string of the molecule is COc1ccc(CN(C)C[C@H]2Oc3ccc(NS(=O)(=O)c4ccc(C)cc4)cc3CC(=O)N([C@@H](C)CO)C[C@H]2C)cc1. The topological polar surface area (TPSA) is 108 Å². The number of carbonyl (C=O) groups excluding carboxylic acids is 1. The van der Waals surface area contributed by atoms with Crippen LogP contribution in [0.3, 0.4) is 0 Å². The molecule has 1 amide bonds. The van der Waals surface area contributed by atoms with Gasteiger partial charge in [-0.1, -0.05) is 36.8 Å². The number of aryl methyl sites for hydroxylation is 1. The monoisotopic (exact) mass is 595 g/mol. The Morgan fingerprint density at radius 1 is 1.12 bits per heavy atom. The summed E-state index contributed by atoms with van der Waals surface area (Å²) in [6.07, 6.45) is -0.262. The van der Waals surface area contributed by atoms with Crippen molar-refractivity contribution in [1.29, 1.82) is 0 Å². The third-order valence-corrected chi connectivity index (χ3v) is 9.00. The van der Waals surface area contributed by atoms with E-state index >= 15 is 0 Å². The Balaban J connectivity index is 1.61. The molecule has 1 heterocycles. The number of likely N-dealkylation sites (N-methyl/N-ethyl adjacent to an activating group) is 1. The van der Waals surface area contributed by atoms with E-state index in [2.05, 4.69) is 9.62 Å². The van der Waals surface area contributed by atoms with Crippen LogP contribution in [-0.4, -0.2) is 75.2 Å². The van der Waals surface area contributed by atoms with Crippen molar-refractivity contribution in [2.75, 3.05) is 38.6 Å². The van der Waals surface area contributed by atoms with Gasteiger partial charge in [-0.05, 0) is 68.9 Å². The van der Waals surface area contributed by atoms with Crippen molar-refractivity contribution >= 4 is 21.6 Å². The molecule has 0 bridgehead atoms. The van der Waals surface area contributed by atoms with Crippen molar-refractivity contribution in [3.63, 3.8) is 0 Å². The molecule has 0 fully saturated rings. The van der Waals surface area contributed by atoms with Gasteiger partial charge in [0.15, 0.2) is 0 Å². The van der Waals surface area contributed by atoms with E-state index in [0.29, 0.717) is 36.6 Å². The maximum Gasteiger partial charge on any atom is 0.261 e. The fourth-order valence-electron chi connectivity index (χ4n) is 5.06. The zero-order chi connectivity index (χ0) is 30.4. The van der Waals surface area contributed by atoms with Crippen LogP contribution in [0.15, 0.2) is 71.6 Å². The fourth-order valence-corrected chi connectivity index (χ4v) is 6.11. The number of rotatable bonds is 10. The molecule has 0 aromatic heterocycles. The summed E-state index contributed by atoms with van der Waals surface area (Å²) in [5.74, 6) is 1.13. The molecular weight excluding hydrogens is 554 g/mol. The molecule has 0 aliphatic carbocycles. The Morgan fingerprint density at radius 3 is 2.45 bits per heavy atom. The van der Waals surface area contributed by atoms with Gasteiger partial charge in [-0.25, -0.2) is 8.42 Å². The molecule has 42 heavy (non-hydrogen) atoms. The highest BCUT2D eigenvalue weighted by atomic mass is 32.2. The second-order valence-electron chi connectivity index (χ2n) is 11.2.